The summed E-state index contributed by atoms with van der Waals surface area (Å²) in [6.07, 6.45) is 1.29. The van der Waals surface area contributed by atoms with Gasteiger partial charge in [-0.3, -0.25) is 9.59 Å². The molecule has 0 fully saturated rings. The van der Waals surface area contributed by atoms with Gasteiger partial charge >= 0.3 is 0 Å². The molecule has 0 radical (unpaired) electrons. The Hall–Kier alpha value is -2.76. The first-order chi connectivity index (χ1) is 17.0. The number of aryl methyl sites for hydroxylation is 1. The van der Waals surface area contributed by atoms with E-state index in [1.807, 2.05) is 67.6 Å². The van der Waals surface area contributed by atoms with Crippen molar-refractivity contribution in [3.8, 4) is 0 Å². The SMILES string of the molecule is CCCNC(=O)[C@H](Cc1ccccc1)N(Cc1ccc(Cl)cc1)C(=O)CSCc1cccc(C)c1. The largest absolute Gasteiger partial charge is 0.354 e. The van der Waals surface area contributed by atoms with Gasteiger partial charge in [0.05, 0.1) is 5.75 Å². The Morgan fingerprint density at radius 2 is 1.66 bits per heavy atom. The smallest absolute Gasteiger partial charge is 0.243 e. The Morgan fingerprint density at radius 1 is 0.943 bits per heavy atom. The normalized spacial score (nSPS) is 11.6. The highest BCUT2D eigenvalue weighted by Gasteiger charge is 2.30. The number of hydrogen-bond acceptors (Lipinski definition) is 3. The zero-order valence-corrected chi connectivity index (χ0v) is 21.9. The Morgan fingerprint density at radius 3 is 2.34 bits per heavy atom. The van der Waals surface area contributed by atoms with E-state index in [9.17, 15) is 9.59 Å². The molecule has 0 aliphatic heterocycles. The van der Waals surface area contributed by atoms with Gasteiger partial charge in [0.2, 0.25) is 11.8 Å². The van der Waals surface area contributed by atoms with E-state index in [1.165, 1.54) is 11.1 Å². The lowest BCUT2D eigenvalue weighted by Gasteiger charge is -2.31. The second-order valence-corrected chi connectivity index (χ2v) is 10.0. The van der Waals surface area contributed by atoms with E-state index in [-0.39, 0.29) is 11.8 Å². The van der Waals surface area contributed by atoms with Gasteiger partial charge in [-0.1, -0.05) is 90.8 Å². The number of nitrogens with one attached hydrogen (secondary N) is 1. The maximum Gasteiger partial charge on any atom is 0.243 e. The highest BCUT2D eigenvalue weighted by molar-refractivity contribution is 7.99. The van der Waals surface area contributed by atoms with Crippen molar-refractivity contribution in [1.29, 1.82) is 0 Å². The molecule has 35 heavy (non-hydrogen) atoms. The molecule has 0 saturated carbocycles. The molecule has 0 bridgehead atoms. The van der Waals surface area contributed by atoms with Crippen molar-refractivity contribution in [3.05, 3.63) is 106 Å². The molecule has 3 rings (SSSR count). The van der Waals surface area contributed by atoms with Gasteiger partial charge in [0, 0.05) is 30.3 Å². The molecule has 0 spiro atoms. The van der Waals surface area contributed by atoms with Crippen LogP contribution in [-0.4, -0.2) is 35.1 Å². The predicted octanol–water partition coefficient (Wildman–Crippen LogP) is 6.05. The monoisotopic (exact) mass is 508 g/mol. The average molecular weight is 509 g/mol. The Bertz CT molecular complexity index is 1090. The van der Waals surface area contributed by atoms with Crippen molar-refractivity contribution in [1.82, 2.24) is 10.2 Å². The fourth-order valence-corrected chi connectivity index (χ4v) is 4.83. The van der Waals surface area contributed by atoms with Crippen molar-refractivity contribution in [3.63, 3.8) is 0 Å². The predicted molar refractivity (Wildman–Crippen MR) is 147 cm³/mol. The Balaban J connectivity index is 1.82. The topological polar surface area (TPSA) is 49.4 Å². The summed E-state index contributed by atoms with van der Waals surface area (Å²) in [6.45, 7) is 5.01. The molecule has 3 aromatic carbocycles. The maximum atomic E-state index is 13.6. The average Bonchev–Trinajstić information content (AvgIpc) is 2.86. The maximum absolute atomic E-state index is 13.6. The number of carbonyl (C=O) groups is 2. The quantitative estimate of drug-likeness (QED) is 0.324. The molecule has 0 aromatic heterocycles. The Kier molecular flexibility index (Phi) is 10.7. The van der Waals surface area contributed by atoms with E-state index in [0.29, 0.717) is 30.3 Å². The van der Waals surface area contributed by atoms with Crippen LogP contribution in [0.25, 0.3) is 0 Å². The minimum Gasteiger partial charge on any atom is -0.354 e. The summed E-state index contributed by atoms with van der Waals surface area (Å²) in [5, 5.41) is 3.65. The van der Waals surface area contributed by atoms with Gasteiger partial charge < -0.3 is 10.2 Å². The van der Waals surface area contributed by atoms with Crippen molar-refractivity contribution in [2.24, 2.45) is 0 Å². The Labute approximate surface area is 218 Å². The summed E-state index contributed by atoms with van der Waals surface area (Å²) in [5.74, 6) is 0.869. The van der Waals surface area contributed by atoms with Crippen LogP contribution >= 0.6 is 23.4 Å². The minimum atomic E-state index is -0.605. The fourth-order valence-electron chi connectivity index (χ4n) is 3.85. The molecule has 0 saturated heterocycles. The van der Waals surface area contributed by atoms with Gasteiger partial charge in [0.1, 0.15) is 6.04 Å². The van der Waals surface area contributed by atoms with Crippen molar-refractivity contribution in [2.75, 3.05) is 12.3 Å². The summed E-state index contributed by atoms with van der Waals surface area (Å²) < 4.78 is 0. The molecule has 184 valence electrons. The molecule has 0 unspecified atom stereocenters. The van der Waals surface area contributed by atoms with Crippen LogP contribution in [0.1, 0.15) is 35.6 Å². The van der Waals surface area contributed by atoms with Gasteiger partial charge in [-0.2, -0.15) is 0 Å². The third-order valence-corrected chi connectivity index (χ3v) is 6.90. The first-order valence-electron chi connectivity index (χ1n) is 11.9. The molecule has 0 aliphatic carbocycles. The molecule has 6 heteroatoms. The summed E-state index contributed by atoms with van der Waals surface area (Å²) in [5.41, 5.74) is 4.35. The molecule has 0 aliphatic rings. The second-order valence-electron chi connectivity index (χ2n) is 8.63. The zero-order valence-electron chi connectivity index (χ0n) is 20.4. The van der Waals surface area contributed by atoms with Crippen LogP contribution in [0.3, 0.4) is 0 Å². The van der Waals surface area contributed by atoms with Crippen LogP contribution in [0.4, 0.5) is 0 Å². The van der Waals surface area contributed by atoms with E-state index < -0.39 is 6.04 Å². The van der Waals surface area contributed by atoms with Crippen LogP contribution in [0, 0.1) is 6.92 Å². The van der Waals surface area contributed by atoms with Gasteiger partial charge in [-0.15, -0.1) is 11.8 Å². The van der Waals surface area contributed by atoms with Crippen molar-refractivity contribution < 1.29 is 9.59 Å². The summed E-state index contributed by atoms with van der Waals surface area (Å²) in [7, 11) is 0. The van der Waals surface area contributed by atoms with Gasteiger partial charge in [-0.05, 0) is 42.2 Å². The zero-order chi connectivity index (χ0) is 25.0. The lowest BCUT2D eigenvalue weighted by molar-refractivity contribution is -0.139. The van der Waals surface area contributed by atoms with Crippen molar-refractivity contribution >= 4 is 35.2 Å². The van der Waals surface area contributed by atoms with Gasteiger partial charge in [-0.25, -0.2) is 0 Å². The number of halogens is 1. The van der Waals surface area contributed by atoms with Crippen molar-refractivity contribution in [2.45, 2.75) is 45.0 Å². The van der Waals surface area contributed by atoms with E-state index in [2.05, 4.69) is 30.4 Å². The third kappa shape index (κ3) is 8.75. The highest BCUT2D eigenvalue weighted by atomic mass is 35.5. The third-order valence-electron chi connectivity index (χ3n) is 5.66. The molecular formula is C29H33ClN2O2S. The lowest BCUT2D eigenvalue weighted by atomic mass is 10.0. The van der Waals surface area contributed by atoms with E-state index in [0.717, 1.165) is 23.3 Å². The molecule has 1 N–H and O–H groups in total. The minimum absolute atomic E-state index is 0.0508. The first-order valence-corrected chi connectivity index (χ1v) is 13.5. The molecule has 4 nitrogen and oxygen atoms in total. The molecule has 3 aromatic rings. The lowest BCUT2D eigenvalue weighted by Crippen LogP contribution is -2.51. The number of hydrogen-bond donors (Lipinski definition) is 1. The standard InChI is InChI=1S/C29H33ClN2O2S/c1-3-16-31-29(34)27(18-23-9-5-4-6-10-23)32(19-24-12-14-26(30)15-13-24)28(33)21-35-20-25-11-7-8-22(2)17-25/h4-15,17,27H,3,16,18-21H2,1-2H3,(H,31,34)/t27-/m0/s1. The summed E-state index contributed by atoms with van der Waals surface area (Å²) in [6, 6.07) is 25.0. The fraction of sp³-hybridized carbons (Fsp3) is 0.310. The molecule has 2 amide bonds. The van der Waals surface area contributed by atoms with Crippen LogP contribution in [0.2, 0.25) is 5.02 Å². The van der Waals surface area contributed by atoms with E-state index in [4.69, 9.17) is 11.6 Å². The molecule has 0 heterocycles. The van der Waals surface area contributed by atoms with Crippen LogP contribution < -0.4 is 5.32 Å². The van der Waals surface area contributed by atoms with E-state index >= 15 is 0 Å². The molecular weight excluding hydrogens is 476 g/mol. The van der Waals surface area contributed by atoms with Crippen LogP contribution in [0.15, 0.2) is 78.9 Å². The van der Waals surface area contributed by atoms with Crippen LogP contribution in [-0.2, 0) is 28.3 Å². The number of amides is 2. The number of nitrogens with zero attached hydrogens (tertiary/aromatic N) is 1. The number of benzene rings is 3. The van der Waals surface area contributed by atoms with Crippen LogP contribution in [0.5, 0.6) is 0 Å². The summed E-state index contributed by atoms with van der Waals surface area (Å²) in [4.78, 5) is 28.6. The molecule has 1 atom stereocenters. The van der Waals surface area contributed by atoms with Gasteiger partial charge in [0.15, 0.2) is 0 Å². The number of carbonyl (C=O) groups excluding carboxylic acids is 2. The summed E-state index contributed by atoms with van der Waals surface area (Å²) >= 11 is 7.65. The second kappa shape index (κ2) is 14.0. The number of rotatable bonds is 12. The highest BCUT2D eigenvalue weighted by Crippen LogP contribution is 2.20. The number of thioether (sulfide) groups is 1. The first kappa shape index (κ1) is 26.8. The van der Waals surface area contributed by atoms with E-state index in [1.54, 1.807) is 16.7 Å². The van der Waals surface area contributed by atoms with Gasteiger partial charge in [0.25, 0.3) is 0 Å².